The number of hydrogen-bond donors (Lipinski definition) is 2. The number of benzene rings is 1. The van der Waals surface area contributed by atoms with Gasteiger partial charge in [-0.25, -0.2) is 17.5 Å². The fraction of sp³-hybridized carbons (Fsp3) is 0.455. The normalized spacial score (nSPS) is 20.2. The molecule has 18 heavy (non-hydrogen) atoms. The van der Waals surface area contributed by atoms with Crippen molar-refractivity contribution in [2.45, 2.75) is 23.0 Å². The highest BCUT2D eigenvalue weighted by molar-refractivity contribution is 8.00. The van der Waals surface area contributed by atoms with Crippen molar-refractivity contribution >= 4 is 27.5 Å². The molecule has 3 N–H and O–H groups in total. The lowest BCUT2D eigenvalue weighted by Crippen LogP contribution is -2.30. The standard InChI is InChI=1S/C11H15FN2O2S2/c12-8-3-4-10(13)11(6-8)18(15,16)14-7-9-2-1-5-17-9/h3-4,6,9,14H,1-2,5,7,13H2. The van der Waals surface area contributed by atoms with E-state index >= 15 is 0 Å². The Kier molecular flexibility index (Phi) is 4.14. The molecule has 1 aromatic rings. The highest BCUT2D eigenvalue weighted by Crippen LogP contribution is 2.26. The predicted octanol–water partition coefficient (Wildman–Crippen LogP) is 1.58. The first-order valence-electron chi connectivity index (χ1n) is 5.65. The van der Waals surface area contributed by atoms with E-state index < -0.39 is 15.8 Å². The molecule has 1 aliphatic rings. The van der Waals surface area contributed by atoms with Gasteiger partial charge >= 0.3 is 0 Å². The van der Waals surface area contributed by atoms with Crippen LogP contribution in [0, 0.1) is 5.82 Å². The third kappa shape index (κ3) is 3.15. The topological polar surface area (TPSA) is 72.2 Å². The Bertz CT molecular complexity index is 528. The van der Waals surface area contributed by atoms with Gasteiger partial charge in [0.15, 0.2) is 0 Å². The van der Waals surface area contributed by atoms with Gasteiger partial charge in [-0.2, -0.15) is 11.8 Å². The summed E-state index contributed by atoms with van der Waals surface area (Å²) >= 11 is 1.75. The molecule has 1 unspecified atom stereocenters. The van der Waals surface area contributed by atoms with Gasteiger partial charge in [0, 0.05) is 11.8 Å². The summed E-state index contributed by atoms with van der Waals surface area (Å²) in [6, 6.07) is 3.34. The number of thioether (sulfide) groups is 1. The summed E-state index contributed by atoms with van der Waals surface area (Å²) in [5.74, 6) is 0.453. The van der Waals surface area contributed by atoms with E-state index in [4.69, 9.17) is 5.73 Å². The molecule has 0 bridgehead atoms. The fourth-order valence-electron chi connectivity index (χ4n) is 1.83. The Morgan fingerprint density at radius 3 is 2.94 bits per heavy atom. The number of halogens is 1. The van der Waals surface area contributed by atoms with E-state index in [1.807, 2.05) is 0 Å². The van der Waals surface area contributed by atoms with Crippen LogP contribution in [0.3, 0.4) is 0 Å². The minimum Gasteiger partial charge on any atom is -0.398 e. The zero-order valence-corrected chi connectivity index (χ0v) is 11.4. The summed E-state index contributed by atoms with van der Waals surface area (Å²) in [7, 11) is -3.73. The van der Waals surface area contributed by atoms with Crippen molar-refractivity contribution in [3.05, 3.63) is 24.0 Å². The maximum absolute atomic E-state index is 13.1. The molecule has 1 heterocycles. The average molecular weight is 290 g/mol. The first-order chi connectivity index (χ1) is 8.49. The van der Waals surface area contributed by atoms with Crippen LogP contribution < -0.4 is 10.5 Å². The molecule has 7 heteroatoms. The van der Waals surface area contributed by atoms with Crippen molar-refractivity contribution in [1.82, 2.24) is 4.72 Å². The maximum Gasteiger partial charge on any atom is 0.242 e. The average Bonchev–Trinajstić information content (AvgIpc) is 2.83. The summed E-state index contributed by atoms with van der Waals surface area (Å²) in [5, 5.41) is 0.301. The second-order valence-corrected chi connectivity index (χ2v) is 7.31. The molecule has 1 fully saturated rings. The largest absolute Gasteiger partial charge is 0.398 e. The molecular formula is C11H15FN2O2S2. The van der Waals surface area contributed by atoms with Crippen LogP contribution in [0.5, 0.6) is 0 Å². The van der Waals surface area contributed by atoms with Gasteiger partial charge < -0.3 is 5.73 Å². The van der Waals surface area contributed by atoms with Gasteiger partial charge in [0.25, 0.3) is 0 Å². The van der Waals surface area contributed by atoms with Crippen LogP contribution in [0.1, 0.15) is 12.8 Å². The van der Waals surface area contributed by atoms with E-state index in [-0.39, 0.29) is 10.6 Å². The molecule has 0 spiro atoms. The van der Waals surface area contributed by atoms with Crippen LogP contribution in [0.25, 0.3) is 0 Å². The van der Waals surface area contributed by atoms with Crippen LogP contribution in [0.4, 0.5) is 10.1 Å². The molecule has 1 atom stereocenters. The minimum atomic E-state index is -3.73. The predicted molar refractivity (Wildman–Crippen MR) is 71.5 cm³/mol. The number of sulfonamides is 1. The van der Waals surface area contributed by atoms with Gasteiger partial charge in [0.2, 0.25) is 10.0 Å². The zero-order chi connectivity index (χ0) is 13.2. The van der Waals surface area contributed by atoms with Crippen LogP contribution in [0.2, 0.25) is 0 Å². The van der Waals surface area contributed by atoms with Crippen LogP contribution in [-0.4, -0.2) is 26.0 Å². The van der Waals surface area contributed by atoms with Crippen molar-refractivity contribution in [3.8, 4) is 0 Å². The molecule has 0 amide bonds. The molecule has 1 aromatic carbocycles. The van der Waals surface area contributed by atoms with Gasteiger partial charge in [0.05, 0.1) is 5.69 Å². The number of nitrogens with one attached hydrogen (secondary N) is 1. The first-order valence-corrected chi connectivity index (χ1v) is 8.18. The summed E-state index contributed by atoms with van der Waals surface area (Å²) < 4.78 is 39.5. The molecule has 0 aromatic heterocycles. The third-order valence-corrected chi connectivity index (χ3v) is 5.67. The smallest absolute Gasteiger partial charge is 0.242 e. The van der Waals surface area contributed by atoms with E-state index in [9.17, 15) is 12.8 Å². The molecule has 4 nitrogen and oxygen atoms in total. The van der Waals surface area contributed by atoms with Crippen LogP contribution in [-0.2, 0) is 10.0 Å². The Morgan fingerprint density at radius 2 is 2.28 bits per heavy atom. The summed E-state index contributed by atoms with van der Waals surface area (Å²) in [6.07, 6.45) is 2.12. The fourth-order valence-corrected chi connectivity index (χ4v) is 4.36. The highest BCUT2D eigenvalue weighted by atomic mass is 32.2. The Balaban J connectivity index is 2.12. The van der Waals surface area contributed by atoms with Crippen molar-refractivity contribution in [1.29, 1.82) is 0 Å². The summed E-state index contributed by atoms with van der Waals surface area (Å²) in [4.78, 5) is -0.189. The number of anilines is 1. The monoisotopic (exact) mass is 290 g/mol. The summed E-state index contributed by atoms with van der Waals surface area (Å²) in [6.45, 7) is 0.364. The second-order valence-electron chi connectivity index (χ2n) is 4.17. The van der Waals surface area contributed by atoms with Crippen LogP contribution in [0.15, 0.2) is 23.1 Å². The lowest BCUT2D eigenvalue weighted by atomic mass is 10.2. The quantitative estimate of drug-likeness (QED) is 0.826. The van der Waals surface area contributed by atoms with E-state index in [1.165, 1.54) is 6.07 Å². The zero-order valence-electron chi connectivity index (χ0n) is 9.73. The molecule has 2 rings (SSSR count). The second kappa shape index (κ2) is 5.46. The SMILES string of the molecule is Nc1ccc(F)cc1S(=O)(=O)NCC1CCCS1. The van der Waals surface area contributed by atoms with Crippen LogP contribution >= 0.6 is 11.8 Å². The van der Waals surface area contributed by atoms with Gasteiger partial charge in [0.1, 0.15) is 10.7 Å². The van der Waals surface area contributed by atoms with Crippen molar-refractivity contribution < 1.29 is 12.8 Å². The highest BCUT2D eigenvalue weighted by Gasteiger charge is 2.22. The lowest BCUT2D eigenvalue weighted by molar-refractivity contribution is 0.576. The number of hydrogen-bond acceptors (Lipinski definition) is 4. The molecule has 0 radical (unpaired) electrons. The van der Waals surface area contributed by atoms with Crippen molar-refractivity contribution in [2.24, 2.45) is 0 Å². The van der Waals surface area contributed by atoms with Gasteiger partial charge in [-0.3, -0.25) is 0 Å². The third-order valence-electron chi connectivity index (χ3n) is 2.79. The Labute approximate surface area is 110 Å². The Morgan fingerprint density at radius 1 is 1.50 bits per heavy atom. The van der Waals surface area contributed by atoms with Crippen molar-refractivity contribution in [2.75, 3.05) is 18.0 Å². The lowest BCUT2D eigenvalue weighted by Gasteiger charge is -2.12. The van der Waals surface area contributed by atoms with Gasteiger partial charge in [-0.1, -0.05) is 0 Å². The van der Waals surface area contributed by atoms with Gasteiger partial charge in [-0.05, 0) is 36.8 Å². The van der Waals surface area contributed by atoms with Crippen molar-refractivity contribution in [3.63, 3.8) is 0 Å². The Hall–Kier alpha value is -0.790. The molecule has 1 aliphatic heterocycles. The number of rotatable bonds is 4. The van der Waals surface area contributed by atoms with E-state index in [0.717, 1.165) is 30.7 Å². The minimum absolute atomic E-state index is 0.0583. The molecule has 0 aliphatic carbocycles. The summed E-state index contributed by atoms with van der Waals surface area (Å²) in [5.41, 5.74) is 5.63. The number of nitrogens with two attached hydrogens (primary N) is 1. The molecular weight excluding hydrogens is 275 g/mol. The van der Waals surface area contributed by atoms with E-state index in [2.05, 4.69) is 4.72 Å². The van der Waals surface area contributed by atoms with E-state index in [1.54, 1.807) is 11.8 Å². The molecule has 0 saturated carbocycles. The molecule has 1 saturated heterocycles. The maximum atomic E-state index is 13.1. The van der Waals surface area contributed by atoms with E-state index in [0.29, 0.717) is 11.8 Å². The number of nitrogen functional groups attached to an aromatic ring is 1. The molecule has 100 valence electrons. The first kappa shape index (κ1) is 13.6. The van der Waals surface area contributed by atoms with Gasteiger partial charge in [-0.15, -0.1) is 0 Å².